The van der Waals surface area contributed by atoms with Crippen LogP contribution in [-0.4, -0.2) is 44.5 Å². The third-order valence-corrected chi connectivity index (χ3v) is 2.51. The van der Waals surface area contributed by atoms with Crippen molar-refractivity contribution in [3.63, 3.8) is 0 Å². The van der Waals surface area contributed by atoms with Gasteiger partial charge in [0.2, 0.25) is 0 Å². The first-order valence-electron chi connectivity index (χ1n) is 4.04. The van der Waals surface area contributed by atoms with Crippen LogP contribution >= 0.6 is 0 Å². The van der Waals surface area contributed by atoms with Crippen LogP contribution in [-0.2, 0) is 9.47 Å². The second kappa shape index (κ2) is 3.52. The maximum atomic E-state index is 5.27. The molecule has 0 saturated carbocycles. The van der Waals surface area contributed by atoms with Crippen molar-refractivity contribution in [1.82, 2.24) is 4.90 Å². The number of hydrogen-bond donors (Lipinski definition) is 0. The van der Waals surface area contributed by atoms with Crippen molar-refractivity contribution < 1.29 is 9.47 Å². The van der Waals surface area contributed by atoms with Crippen LogP contribution < -0.4 is 0 Å². The summed E-state index contributed by atoms with van der Waals surface area (Å²) in [5, 5.41) is 0. The van der Waals surface area contributed by atoms with Crippen LogP contribution in [0.1, 0.15) is 13.3 Å². The van der Waals surface area contributed by atoms with E-state index in [0.29, 0.717) is 6.79 Å². The first-order valence-corrected chi connectivity index (χ1v) is 4.04. The first-order chi connectivity index (χ1) is 5.21. The number of nitrogens with zero attached hydrogens (tertiary/aromatic N) is 1. The molecule has 1 rings (SSSR count). The summed E-state index contributed by atoms with van der Waals surface area (Å²) < 4.78 is 10.5. The summed E-state index contributed by atoms with van der Waals surface area (Å²) in [5.74, 6) is 0. The standard InChI is InChI=1S/C8H17NO2/c1-4-8(9(2)3)5-10-7-11-6-8/h4-7H2,1-3H3. The third kappa shape index (κ3) is 1.72. The summed E-state index contributed by atoms with van der Waals surface area (Å²) in [4.78, 5) is 2.19. The number of ether oxygens (including phenoxy) is 2. The second-order valence-electron chi connectivity index (χ2n) is 3.29. The molecule has 1 saturated heterocycles. The second-order valence-corrected chi connectivity index (χ2v) is 3.29. The molecule has 0 aliphatic carbocycles. The van der Waals surface area contributed by atoms with Gasteiger partial charge in [0.1, 0.15) is 6.79 Å². The van der Waals surface area contributed by atoms with Crippen molar-refractivity contribution in [3.8, 4) is 0 Å². The minimum Gasteiger partial charge on any atom is -0.353 e. The minimum atomic E-state index is 0.109. The van der Waals surface area contributed by atoms with E-state index in [4.69, 9.17) is 9.47 Å². The largest absolute Gasteiger partial charge is 0.353 e. The molecule has 1 fully saturated rings. The van der Waals surface area contributed by atoms with Crippen LogP contribution in [0.4, 0.5) is 0 Å². The summed E-state index contributed by atoms with van der Waals surface area (Å²) in [6.45, 7) is 4.20. The van der Waals surface area contributed by atoms with E-state index in [0.717, 1.165) is 19.6 Å². The summed E-state index contributed by atoms with van der Waals surface area (Å²) in [5.41, 5.74) is 0.109. The quantitative estimate of drug-likeness (QED) is 0.592. The van der Waals surface area contributed by atoms with Crippen LogP contribution in [0.25, 0.3) is 0 Å². The number of rotatable bonds is 2. The van der Waals surface area contributed by atoms with Crippen LogP contribution in [0.15, 0.2) is 0 Å². The van der Waals surface area contributed by atoms with Crippen LogP contribution in [0, 0.1) is 0 Å². The first kappa shape index (κ1) is 8.97. The van der Waals surface area contributed by atoms with Gasteiger partial charge in [-0.2, -0.15) is 0 Å². The molecule has 1 heterocycles. The molecular weight excluding hydrogens is 142 g/mol. The van der Waals surface area contributed by atoms with E-state index in [1.807, 2.05) is 0 Å². The zero-order valence-electron chi connectivity index (χ0n) is 7.59. The molecule has 0 amide bonds. The van der Waals surface area contributed by atoms with Gasteiger partial charge in [0.15, 0.2) is 0 Å². The van der Waals surface area contributed by atoms with E-state index in [9.17, 15) is 0 Å². The highest BCUT2D eigenvalue weighted by Gasteiger charge is 2.33. The van der Waals surface area contributed by atoms with E-state index in [1.54, 1.807) is 0 Å². The van der Waals surface area contributed by atoms with Gasteiger partial charge in [-0.1, -0.05) is 6.92 Å². The smallest absolute Gasteiger partial charge is 0.146 e. The van der Waals surface area contributed by atoms with Crippen molar-refractivity contribution in [2.24, 2.45) is 0 Å². The summed E-state index contributed by atoms with van der Waals surface area (Å²) >= 11 is 0. The Hall–Kier alpha value is -0.120. The fourth-order valence-corrected chi connectivity index (χ4v) is 1.34. The topological polar surface area (TPSA) is 21.7 Å². The molecule has 1 aliphatic rings. The molecule has 0 unspecified atom stereocenters. The summed E-state index contributed by atoms with van der Waals surface area (Å²) in [6, 6.07) is 0. The molecule has 11 heavy (non-hydrogen) atoms. The van der Waals surface area contributed by atoms with Crippen molar-refractivity contribution in [1.29, 1.82) is 0 Å². The van der Waals surface area contributed by atoms with E-state index < -0.39 is 0 Å². The van der Waals surface area contributed by atoms with Gasteiger partial charge in [-0.15, -0.1) is 0 Å². The summed E-state index contributed by atoms with van der Waals surface area (Å²) in [6.07, 6.45) is 1.07. The Balaban J connectivity index is 2.57. The van der Waals surface area contributed by atoms with Crippen molar-refractivity contribution in [2.45, 2.75) is 18.9 Å². The molecule has 0 bridgehead atoms. The van der Waals surface area contributed by atoms with E-state index >= 15 is 0 Å². The fourth-order valence-electron chi connectivity index (χ4n) is 1.34. The highest BCUT2D eigenvalue weighted by atomic mass is 16.7. The van der Waals surface area contributed by atoms with Gasteiger partial charge in [-0.25, -0.2) is 0 Å². The van der Waals surface area contributed by atoms with Crippen molar-refractivity contribution >= 4 is 0 Å². The maximum absolute atomic E-state index is 5.27. The molecule has 0 aromatic carbocycles. The molecule has 0 atom stereocenters. The highest BCUT2D eigenvalue weighted by molar-refractivity contribution is 4.87. The number of hydrogen-bond acceptors (Lipinski definition) is 3. The van der Waals surface area contributed by atoms with Crippen LogP contribution in [0.5, 0.6) is 0 Å². The average Bonchev–Trinajstić information content (AvgIpc) is 2.05. The van der Waals surface area contributed by atoms with Gasteiger partial charge < -0.3 is 9.47 Å². The zero-order valence-corrected chi connectivity index (χ0v) is 7.59. The highest BCUT2D eigenvalue weighted by Crippen LogP contribution is 2.20. The molecular formula is C8H17NO2. The Morgan fingerprint density at radius 3 is 2.09 bits per heavy atom. The van der Waals surface area contributed by atoms with Gasteiger partial charge in [-0.3, -0.25) is 4.90 Å². The zero-order chi connectivity index (χ0) is 8.32. The molecule has 0 aromatic rings. The lowest BCUT2D eigenvalue weighted by atomic mass is 9.96. The van der Waals surface area contributed by atoms with Crippen molar-refractivity contribution in [2.75, 3.05) is 34.1 Å². The lowest BCUT2D eigenvalue weighted by Crippen LogP contribution is -2.54. The van der Waals surface area contributed by atoms with Gasteiger partial charge in [0, 0.05) is 0 Å². The van der Waals surface area contributed by atoms with Gasteiger partial charge in [0.25, 0.3) is 0 Å². The Morgan fingerprint density at radius 1 is 1.27 bits per heavy atom. The van der Waals surface area contributed by atoms with E-state index in [2.05, 4.69) is 25.9 Å². The predicted molar refractivity (Wildman–Crippen MR) is 43.5 cm³/mol. The molecule has 1 aliphatic heterocycles. The molecule has 3 nitrogen and oxygen atoms in total. The Morgan fingerprint density at radius 2 is 1.82 bits per heavy atom. The lowest BCUT2D eigenvalue weighted by molar-refractivity contribution is -0.169. The third-order valence-electron chi connectivity index (χ3n) is 2.51. The van der Waals surface area contributed by atoms with Crippen LogP contribution in [0.2, 0.25) is 0 Å². The Labute approximate surface area is 68.3 Å². The lowest BCUT2D eigenvalue weighted by Gasteiger charge is -2.41. The van der Waals surface area contributed by atoms with Gasteiger partial charge in [-0.05, 0) is 20.5 Å². The normalized spacial score (nSPS) is 24.0. The molecule has 0 aromatic heterocycles. The Kier molecular flexibility index (Phi) is 2.87. The van der Waals surface area contributed by atoms with Gasteiger partial charge in [0.05, 0.1) is 18.8 Å². The monoisotopic (exact) mass is 159 g/mol. The molecule has 0 N–H and O–H groups in total. The SMILES string of the molecule is CCC1(N(C)C)COCOC1. The Bertz CT molecular complexity index is 119. The van der Waals surface area contributed by atoms with E-state index in [-0.39, 0.29) is 5.54 Å². The van der Waals surface area contributed by atoms with E-state index in [1.165, 1.54) is 0 Å². The minimum absolute atomic E-state index is 0.109. The maximum Gasteiger partial charge on any atom is 0.146 e. The molecule has 3 heteroatoms. The molecule has 0 spiro atoms. The van der Waals surface area contributed by atoms with Crippen molar-refractivity contribution in [3.05, 3.63) is 0 Å². The van der Waals surface area contributed by atoms with Gasteiger partial charge >= 0.3 is 0 Å². The summed E-state index contributed by atoms with van der Waals surface area (Å²) in [7, 11) is 4.14. The fraction of sp³-hybridized carbons (Fsp3) is 1.00. The number of likely N-dealkylation sites (N-methyl/N-ethyl adjacent to an activating group) is 1. The molecule has 66 valence electrons. The average molecular weight is 159 g/mol. The van der Waals surface area contributed by atoms with Crippen LogP contribution in [0.3, 0.4) is 0 Å². The predicted octanol–water partition coefficient (Wildman–Crippen LogP) is 0.701. The molecule has 0 radical (unpaired) electrons.